The monoisotopic (exact) mass is 436 g/mol. The van der Waals surface area contributed by atoms with E-state index in [1.807, 2.05) is 36.1 Å². The number of nitrogens with one attached hydrogen (secondary N) is 1. The first-order chi connectivity index (χ1) is 15.5. The molecule has 0 radical (unpaired) electrons. The summed E-state index contributed by atoms with van der Waals surface area (Å²) in [6.45, 7) is 6.49. The standard InChI is InChI=1S/C26H29FN2O3/c1-3-13-28-25(30)23(4-2)32-21-11-10-17-12-14-29(26(31)18-8-9-18)24(22(17)16-21)19-6-5-7-20(27)15-19/h3,5-7,10-11,15-16,18,23-24H,1,4,8-9,12-14H2,2H3,(H,28,30)/t23-,24+/m1/s1. The van der Waals surface area contributed by atoms with E-state index in [9.17, 15) is 14.0 Å². The summed E-state index contributed by atoms with van der Waals surface area (Å²) >= 11 is 0. The summed E-state index contributed by atoms with van der Waals surface area (Å²) in [5, 5.41) is 2.77. The van der Waals surface area contributed by atoms with Crippen LogP contribution in [0.1, 0.15) is 48.9 Å². The molecule has 2 aliphatic rings. The lowest BCUT2D eigenvalue weighted by atomic mass is 9.87. The maximum Gasteiger partial charge on any atom is 0.261 e. The Morgan fingerprint density at radius 2 is 2.09 bits per heavy atom. The van der Waals surface area contributed by atoms with Crippen molar-refractivity contribution in [2.45, 2.75) is 44.8 Å². The van der Waals surface area contributed by atoms with Crippen molar-refractivity contribution in [3.8, 4) is 5.75 Å². The van der Waals surface area contributed by atoms with E-state index in [2.05, 4.69) is 11.9 Å². The van der Waals surface area contributed by atoms with Crippen LogP contribution in [0.5, 0.6) is 5.75 Å². The summed E-state index contributed by atoms with van der Waals surface area (Å²) in [4.78, 5) is 27.4. The minimum absolute atomic E-state index is 0.0741. The molecule has 2 amide bonds. The fraction of sp³-hybridized carbons (Fsp3) is 0.385. The van der Waals surface area contributed by atoms with Crippen molar-refractivity contribution in [3.63, 3.8) is 0 Å². The number of fused-ring (bicyclic) bond motifs is 1. The normalized spacial score (nSPS) is 18.4. The molecule has 168 valence electrons. The number of amides is 2. The molecule has 1 aliphatic carbocycles. The summed E-state index contributed by atoms with van der Waals surface area (Å²) in [6, 6.07) is 11.8. The van der Waals surface area contributed by atoms with Gasteiger partial charge in [0.15, 0.2) is 6.10 Å². The van der Waals surface area contributed by atoms with Gasteiger partial charge in [0.2, 0.25) is 5.91 Å². The van der Waals surface area contributed by atoms with Crippen LogP contribution >= 0.6 is 0 Å². The number of benzene rings is 2. The number of rotatable bonds is 8. The molecule has 4 rings (SSSR count). The molecule has 0 unspecified atom stereocenters. The van der Waals surface area contributed by atoms with Crippen molar-refractivity contribution >= 4 is 11.8 Å². The van der Waals surface area contributed by atoms with Crippen LogP contribution in [-0.2, 0) is 16.0 Å². The fourth-order valence-electron chi connectivity index (χ4n) is 4.28. The molecule has 1 N–H and O–H groups in total. The van der Waals surface area contributed by atoms with Crippen LogP contribution < -0.4 is 10.1 Å². The van der Waals surface area contributed by atoms with Crippen LogP contribution in [0.3, 0.4) is 0 Å². The number of carbonyl (C=O) groups is 2. The fourth-order valence-corrected chi connectivity index (χ4v) is 4.28. The highest BCUT2D eigenvalue weighted by Gasteiger charge is 2.39. The minimum atomic E-state index is -0.631. The molecule has 2 aromatic rings. The second-order valence-corrected chi connectivity index (χ2v) is 8.42. The maximum atomic E-state index is 14.1. The Labute approximate surface area is 188 Å². The highest BCUT2D eigenvalue weighted by Crippen LogP contribution is 2.41. The van der Waals surface area contributed by atoms with Crippen LogP contribution in [0.15, 0.2) is 55.1 Å². The second kappa shape index (κ2) is 9.55. The Balaban J connectivity index is 1.68. The van der Waals surface area contributed by atoms with E-state index in [0.29, 0.717) is 25.3 Å². The Hall–Kier alpha value is -3.15. The largest absolute Gasteiger partial charge is 0.481 e. The van der Waals surface area contributed by atoms with Crippen LogP contribution in [0.25, 0.3) is 0 Å². The van der Waals surface area contributed by atoms with Gasteiger partial charge in [0.05, 0.1) is 6.04 Å². The van der Waals surface area contributed by atoms with E-state index in [1.54, 1.807) is 12.1 Å². The average Bonchev–Trinajstić information content (AvgIpc) is 3.65. The molecule has 1 fully saturated rings. The highest BCUT2D eigenvalue weighted by molar-refractivity contribution is 5.82. The van der Waals surface area contributed by atoms with E-state index >= 15 is 0 Å². The van der Waals surface area contributed by atoms with Crippen LogP contribution in [0, 0.1) is 11.7 Å². The van der Waals surface area contributed by atoms with Gasteiger partial charge in [-0.3, -0.25) is 9.59 Å². The number of hydrogen-bond donors (Lipinski definition) is 1. The van der Waals surface area contributed by atoms with Gasteiger partial charge >= 0.3 is 0 Å². The molecular formula is C26H29FN2O3. The van der Waals surface area contributed by atoms with Crippen LogP contribution in [0.2, 0.25) is 0 Å². The molecule has 1 aliphatic heterocycles. The first kappa shape index (κ1) is 22.1. The molecule has 6 heteroatoms. The Bertz CT molecular complexity index is 1020. The third-order valence-corrected chi connectivity index (χ3v) is 6.08. The summed E-state index contributed by atoms with van der Waals surface area (Å²) in [5.41, 5.74) is 2.78. The zero-order valence-electron chi connectivity index (χ0n) is 18.4. The van der Waals surface area contributed by atoms with Crippen molar-refractivity contribution in [1.82, 2.24) is 10.2 Å². The summed E-state index contributed by atoms with van der Waals surface area (Å²) in [6.07, 6.45) is 4.07. The topological polar surface area (TPSA) is 58.6 Å². The molecule has 0 saturated heterocycles. The van der Waals surface area contributed by atoms with Crippen molar-refractivity contribution in [1.29, 1.82) is 0 Å². The van der Waals surface area contributed by atoms with E-state index in [4.69, 9.17) is 4.74 Å². The van der Waals surface area contributed by atoms with E-state index < -0.39 is 6.10 Å². The maximum absolute atomic E-state index is 14.1. The van der Waals surface area contributed by atoms with Gasteiger partial charge in [-0.25, -0.2) is 4.39 Å². The van der Waals surface area contributed by atoms with Gasteiger partial charge in [0, 0.05) is 19.0 Å². The molecule has 1 saturated carbocycles. The molecule has 32 heavy (non-hydrogen) atoms. The third kappa shape index (κ3) is 4.69. The van der Waals surface area contributed by atoms with Gasteiger partial charge in [-0.15, -0.1) is 6.58 Å². The number of hydrogen-bond acceptors (Lipinski definition) is 3. The molecule has 1 heterocycles. The number of halogens is 1. The Morgan fingerprint density at radius 1 is 1.28 bits per heavy atom. The zero-order valence-corrected chi connectivity index (χ0v) is 18.4. The Kier molecular flexibility index (Phi) is 6.58. The molecule has 0 aromatic heterocycles. The number of ether oxygens (including phenoxy) is 1. The quantitative estimate of drug-likeness (QED) is 0.632. The molecule has 2 atom stereocenters. The molecular weight excluding hydrogens is 407 g/mol. The summed E-state index contributed by atoms with van der Waals surface area (Å²) in [5.74, 6) is 0.242. The van der Waals surface area contributed by atoms with Gasteiger partial charge < -0.3 is 15.0 Å². The van der Waals surface area contributed by atoms with Crippen LogP contribution in [-0.4, -0.2) is 35.9 Å². The van der Waals surface area contributed by atoms with Crippen molar-refractivity contribution < 1.29 is 18.7 Å². The smallest absolute Gasteiger partial charge is 0.261 e. The van der Waals surface area contributed by atoms with Gasteiger partial charge in [0.1, 0.15) is 11.6 Å². The predicted molar refractivity (Wildman–Crippen MR) is 121 cm³/mol. The van der Waals surface area contributed by atoms with Gasteiger partial charge in [0.25, 0.3) is 5.91 Å². The average molecular weight is 437 g/mol. The lowest BCUT2D eigenvalue weighted by molar-refractivity contribution is -0.134. The van der Waals surface area contributed by atoms with E-state index in [-0.39, 0.29) is 29.6 Å². The Morgan fingerprint density at radius 3 is 2.78 bits per heavy atom. The van der Waals surface area contributed by atoms with Gasteiger partial charge in [-0.1, -0.05) is 31.2 Å². The SMILES string of the molecule is C=CCNC(=O)[C@@H](CC)Oc1ccc2c(c1)[C@H](c1cccc(F)c1)N(C(=O)C1CC1)CC2. The van der Waals surface area contributed by atoms with Crippen LogP contribution in [0.4, 0.5) is 4.39 Å². The number of nitrogens with zero attached hydrogens (tertiary/aromatic N) is 1. The lowest BCUT2D eigenvalue weighted by Gasteiger charge is -2.38. The van der Waals surface area contributed by atoms with Gasteiger partial charge in [-0.05, 0) is 66.6 Å². The molecule has 0 spiro atoms. The third-order valence-electron chi connectivity index (χ3n) is 6.08. The van der Waals surface area contributed by atoms with Crippen molar-refractivity contribution in [2.24, 2.45) is 5.92 Å². The van der Waals surface area contributed by atoms with Gasteiger partial charge in [-0.2, -0.15) is 0 Å². The molecule has 0 bridgehead atoms. The first-order valence-corrected chi connectivity index (χ1v) is 11.3. The predicted octanol–water partition coefficient (Wildman–Crippen LogP) is 4.17. The summed E-state index contributed by atoms with van der Waals surface area (Å²) in [7, 11) is 0. The van der Waals surface area contributed by atoms with E-state index in [1.165, 1.54) is 12.1 Å². The number of carbonyl (C=O) groups excluding carboxylic acids is 2. The first-order valence-electron chi connectivity index (χ1n) is 11.3. The lowest BCUT2D eigenvalue weighted by Crippen LogP contribution is -2.41. The molecule has 5 nitrogen and oxygen atoms in total. The minimum Gasteiger partial charge on any atom is -0.481 e. The highest BCUT2D eigenvalue weighted by atomic mass is 19.1. The second-order valence-electron chi connectivity index (χ2n) is 8.42. The van der Waals surface area contributed by atoms with E-state index in [0.717, 1.165) is 36.0 Å². The zero-order chi connectivity index (χ0) is 22.7. The van der Waals surface area contributed by atoms with Crippen molar-refractivity contribution in [2.75, 3.05) is 13.1 Å². The van der Waals surface area contributed by atoms with Crippen molar-refractivity contribution in [3.05, 3.63) is 77.6 Å². The summed E-state index contributed by atoms with van der Waals surface area (Å²) < 4.78 is 20.1. The molecule has 2 aromatic carbocycles.